The highest BCUT2D eigenvalue weighted by molar-refractivity contribution is 4.89. The zero-order valence-corrected chi connectivity index (χ0v) is 11.9. The molecular formula is C15H30N2. The summed E-state index contributed by atoms with van der Waals surface area (Å²) in [5.41, 5.74) is 0. The van der Waals surface area contributed by atoms with Crippen LogP contribution in [-0.4, -0.2) is 36.6 Å². The van der Waals surface area contributed by atoms with Crippen LogP contribution in [0.1, 0.15) is 52.9 Å². The second kappa shape index (κ2) is 6.19. The molecule has 0 spiro atoms. The van der Waals surface area contributed by atoms with Gasteiger partial charge in [0.15, 0.2) is 0 Å². The molecule has 0 bridgehead atoms. The van der Waals surface area contributed by atoms with Crippen molar-refractivity contribution < 1.29 is 0 Å². The van der Waals surface area contributed by atoms with Crippen molar-refractivity contribution in [1.29, 1.82) is 0 Å². The van der Waals surface area contributed by atoms with Gasteiger partial charge in [-0.05, 0) is 31.6 Å². The van der Waals surface area contributed by atoms with E-state index in [0.717, 1.165) is 23.9 Å². The second-order valence-corrected chi connectivity index (χ2v) is 6.61. The molecule has 100 valence electrons. The first kappa shape index (κ1) is 13.4. The van der Waals surface area contributed by atoms with Crippen LogP contribution >= 0.6 is 0 Å². The van der Waals surface area contributed by atoms with E-state index < -0.39 is 0 Å². The number of hydrogen-bond acceptors (Lipinski definition) is 2. The van der Waals surface area contributed by atoms with Crippen LogP contribution in [0.25, 0.3) is 0 Å². The summed E-state index contributed by atoms with van der Waals surface area (Å²) in [4.78, 5) is 2.71. The summed E-state index contributed by atoms with van der Waals surface area (Å²) in [5.74, 6) is 1.74. The lowest BCUT2D eigenvalue weighted by Gasteiger charge is -2.43. The van der Waals surface area contributed by atoms with Crippen molar-refractivity contribution in [1.82, 2.24) is 10.2 Å². The van der Waals surface area contributed by atoms with Crippen molar-refractivity contribution in [2.45, 2.75) is 65.0 Å². The summed E-state index contributed by atoms with van der Waals surface area (Å²) in [6.45, 7) is 10.8. The standard InChI is InChI=1S/C15H30N2/c1-12(2)10-17-11-15(16-9-13(17)3)14-7-5-4-6-8-14/h12-16H,4-11H2,1-3H3. The van der Waals surface area contributed by atoms with Gasteiger partial charge < -0.3 is 5.32 Å². The molecule has 2 rings (SSSR count). The SMILES string of the molecule is CC(C)CN1CC(C2CCCCC2)NCC1C. The highest BCUT2D eigenvalue weighted by atomic mass is 15.2. The van der Waals surface area contributed by atoms with Crippen LogP contribution in [0.4, 0.5) is 0 Å². The minimum atomic E-state index is 0.720. The van der Waals surface area contributed by atoms with E-state index in [4.69, 9.17) is 0 Å². The molecule has 0 radical (unpaired) electrons. The zero-order valence-electron chi connectivity index (χ0n) is 11.9. The lowest BCUT2D eigenvalue weighted by molar-refractivity contribution is 0.0938. The average Bonchev–Trinajstić information content (AvgIpc) is 2.32. The predicted molar refractivity (Wildman–Crippen MR) is 74.2 cm³/mol. The van der Waals surface area contributed by atoms with Gasteiger partial charge in [-0.15, -0.1) is 0 Å². The van der Waals surface area contributed by atoms with Crippen LogP contribution in [0.5, 0.6) is 0 Å². The van der Waals surface area contributed by atoms with Crippen LogP contribution in [0.15, 0.2) is 0 Å². The summed E-state index contributed by atoms with van der Waals surface area (Å²) >= 11 is 0. The van der Waals surface area contributed by atoms with Crippen LogP contribution in [0, 0.1) is 11.8 Å². The monoisotopic (exact) mass is 238 g/mol. The van der Waals surface area contributed by atoms with Gasteiger partial charge >= 0.3 is 0 Å². The van der Waals surface area contributed by atoms with Gasteiger partial charge in [-0.3, -0.25) is 4.90 Å². The van der Waals surface area contributed by atoms with Gasteiger partial charge in [0, 0.05) is 31.7 Å². The van der Waals surface area contributed by atoms with E-state index in [0.29, 0.717) is 0 Å². The average molecular weight is 238 g/mol. The van der Waals surface area contributed by atoms with Gasteiger partial charge in [-0.2, -0.15) is 0 Å². The molecular weight excluding hydrogens is 208 g/mol. The number of nitrogens with zero attached hydrogens (tertiary/aromatic N) is 1. The normalized spacial score (nSPS) is 33.2. The van der Waals surface area contributed by atoms with Crippen LogP contribution in [-0.2, 0) is 0 Å². The first-order chi connectivity index (χ1) is 8.16. The van der Waals surface area contributed by atoms with Crippen molar-refractivity contribution in [2.75, 3.05) is 19.6 Å². The lowest BCUT2D eigenvalue weighted by Crippen LogP contribution is -2.58. The Kier molecular flexibility index (Phi) is 4.87. The molecule has 0 aromatic rings. The van der Waals surface area contributed by atoms with Gasteiger partial charge in [0.25, 0.3) is 0 Å². The number of piperazine rings is 1. The van der Waals surface area contributed by atoms with Crippen LogP contribution < -0.4 is 5.32 Å². The third-order valence-electron chi connectivity index (χ3n) is 4.55. The molecule has 2 aliphatic rings. The maximum Gasteiger partial charge on any atom is 0.0224 e. The van der Waals surface area contributed by atoms with E-state index in [2.05, 4.69) is 31.0 Å². The zero-order chi connectivity index (χ0) is 12.3. The Labute approximate surface area is 107 Å². The number of rotatable bonds is 3. The Bertz CT molecular complexity index is 221. The summed E-state index contributed by atoms with van der Waals surface area (Å²) in [7, 11) is 0. The highest BCUT2D eigenvalue weighted by Crippen LogP contribution is 2.28. The number of nitrogens with one attached hydrogen (secondary N) is 1. The largest absolute Gasteiger partial charge is 0.311 e. The fourth-order valence-corrected chi connectivity index (χ4v) is 3.52. The molecule has 0 aromatic carbocycles. The van der Waals surface area contributed by atoms with Crippen molar-refractivity contribution in [2.24, 2.45) is 11.8 Å². The van der Waals surface area contributed by atoms with E-state index >= 15 is 0 Å². The molecule has 0 aromatic heterocycles. The molecule has 2 heteroatoms. The third kappa shape index (κ3) is 3.69. The fourth-order valence-electron chi connectivity index (χ4n) is 3.52. The molecule has 1 heterocycles. The minimum absolute atomic E-state index is 0.720. The van der Waals surface area contributed by atoms with Crippen molar-refractivity contribution in [3.63, 3.8) is 0 Å². The van der Waals surface area contributed by atoms with Crippen LogP contribution in [0.3, 0.4) is 0 Å². The second-order valence-electron chi connectivity index (χ2n) is 6.61. The van der Waals surface area contributed by atoms with E-state index in [9.17, 15) is 0 Å². The Balaban J connectivity index is 1.87. The van der Waals surface area contributed by atoms with Crippen molar-refractivity contribution in [3.8, 4) is 0 Å². The summed E-state index contributed by atoms with van der Waals surface area (Å²) in [6, 6.07) is 1.49. The van der Waals surface area contributed by atoms with E-state index in [1.54, 1.807) is 0 Å². The summed E-state index contributed by atoms with van der Waals surface area (Å²) < 4.78 is 0. The number of hydrogen-bond donors (Lipinski definition) is 1. The molecule has 1 saturated carbocycles. The molecule has 17 heavy (non-hydrogen) atoms. The van der Waals surface area contributed by atoms with E-state index in [1.165, 1.54) is 51.7 Å². The molecule has 1 aliphatic heterocycles. The van der Waals surface area contributed by atoms with Crippen molar-refractivity contribution >= 4 is 0 Å². The quantitative estimate of drug-likeness (QED) is 0.813. The molecule has 2 atom stereocenters. The molecule has 1 N–H and O–H groups in total. The lowest BCUT2D eigenvalue weighted by atomic mass is 9.82. The Morgan fingerprint density at radius 2 is 1.88 bits per heavy atom. The minimum Gasteiger partial charge on any atom is -0.311 e. The topological polar surface area (TPSA) is 15.3 Å². The Morgan fingerprint density at radius 1 is 1.18 bits per heavy atom. The first-order valence-electron chi connectivity index (χ1n) is 7.64. The Morgan fingerprint density at radius 3 is 2.53 bits per heavy atom. The van der Waals surface area contributed by atoms with Crippen LogP contribution in [0.2, 0.25) is 0 Å². The maximum absolute atomic E-state index is 3.80. The van der Waals surface area contributed by atoms with Gasteiger partial charge in [0.1, 0.15) is 0 Å². The first-order valence-corrected chi connectivity index (χ1v) is 7.64. The molecule has 2 unspecified atom stereocenters. The van der Waals surface area contributed by atoms with Crippen molar-refractivity contribution in [3.05, 3.63) is 0 Å². The third-order valence-corrected chi connectivity index (χ3v) is 4.55. The molecule has 1 aliphatic carbocycles. The summed E-state index contributed by atoms with van der Waals surface area (Å²) in [6.07, 6.45) is 7.31. The van der Waals surface area contributed by atoms with E-state index in [1.807, 2.05) is 0 Å². The smallest absolute Gasteiger partial charge is 0.0224 e. The highest BCUT2D eigenvalue weighted by Gasteiger charge is 2.30. The molecule has 2 nitrogen and oxygen atoms in total. The maximum atomic E-state index is 3.80. The molecule has 1 saturated heterocycles. The van der Waals surface area contributed by atoms with E-state index in [-0.39, 0.29) is 0 Å². The fraction of sp³-hybridized carbons (Fsp3) is 1.00. The molecule has 2 fully saturated rings. The molecule has 0 amide bonds. The predicted octanol–water partition coefficient (Wildman–Crippen LogP) is 2.89. The summed E-state index contributed by atoms with van der Waals surface area (Å²) in [5, 5.41) is 3.80. The van der Waals surface area contributed by atoms with Gasteiger partial charge in [-0.1, -0.05) is 33.1 Å². The van der Waals surface area contributed by atoms with Gasteiger partial charge in [0.05, 0.1) is 0 Å². The Hall–Kier alpha value is -0.0800. The van der Waals surface area contributed by atoms with Gasteiger partial charge in [0.2, 0.25) is 0 Å². The van der Waals surface area contributed by atoms with Gasteiger partial charge in [-0.25, -0.2) is 0 Å².